The lowest BCUT2D eigenvalue weighted by atomic mass is 9.89. The van der Waals surface area contributed by atoms with E-state index in [1.807, 2.05) is 12.3 Å². The Morgan fingerprint density at radius 1 is 1.29 bits per heavy atom. The van der Waals surface area contributed by atoms with E-state index in [1.54, 1.807) is 6.20 Å². The Labute approximate surface area is 147 Å². The van der Waals surface area contributed by atoms with E-state index in [0.29, 0.717) is 18.1 Å². The number of nitrogens with zero attached hydrogens (tertiary/aromatic N) is 1. The summed E-state index contributed by atoms with van der Waals surface area (Å²) in [6.07, 6.45) is 10.7. The van der Waals surface area contributed by atoms with Crippen LogP contribution in [0.3, 0.4) is 0 Å². The number of fused-ring (bicyclic) bond motifs is 1. The molecule has 1 amide bonds. The molecule has 0 bridgehead atoms. The van der Waals surface area contributed by atoms with Crippen LogP contribution in [-0.4, -0.2) is 35.5 Å². The van der Waals surface area contributed by atoms with Gasteiger partial charge in [0.05, 0.1) is 11.9 Å². The van der Waals surface area contributed by atoms with E-state index in [-0.39, 0.29) is 5.91 Å². The molecule has 24 heavy (non-hydrogen) atoms. The summed E-state index contributed by atoms with van der Waals surface area (Å²) in [5, 5.41) is 7.83. The maximum Gasteiger partial charge on any atom is 0.224 e. The predicted octanol–water partition coefficient (Wildman–Crippen LogP) is 3.04. The van der Waals surface area contributed by atoms with Gasteiger partial charge in [-0.15, -0.1) is 0 Å². The van der Waals surface area contributed by atoms with E-state index in [0.717, 1.165) is 35.5 Å². The smallest absolute Gasteiger partial charge is 0.224 e. The SMILES string of the molecule is O=C(Cc1c[nH]c2c(Cl)nccc12)NCCNCC1CCCCC1. The van der Waals surface area contributed by atoms with Crippen molar-refractivity contribution in [3.63, 3.8) is 0 Å². The molecule has 130 valence electrons. The van der Waals surface area contributed by atoms with Crippen LogP contribution in [0.5, 0.6) is 0 Å². The van der Waals surface area contributed by atoms with Gasteiger partial charge in [0.1, 0.15) is 0 Å². The number of aromatic amines is 1. The summed E-state index contributed by atoms with van der Waals surface area (Å²) >= 11 is 6.04. The zero-order valence-corrected chi connectivity index (χ0v) is 14.7. The van der Waals surface area contributed by atoms with Gasteiger partial charge in [0.25, 0.3) is 0 Å². The van der Waals surface area contributed by atoms with E-state index >= 15 is 0 Å². The van der Waals surface area contributed by atoms with Crippen molar-refractivity contribution in [3.05, 3.63) is 29.2 Å². The van der Waals surface area contributed by atoms with Gasteiger partial charge >= 0.3 is 0 Å². The molecule has 0 radical (unpaired) electrons. The van der Waals surface area contributed by atoms with Gasteiger partial charge in [0.15, 0.2) is 5.15 Å². The fraction of sp³-hybridized carbons (Fsp3) is 0.556. The minimum atomic E-state index is 0.0308. The number of pyridine rings is 1. The van der Waals surface area contributed by atoms with Crippen molar-refractivity contribution in [2.24, 2.45) is 5.92 Å². The number of nitrogens with one attached hydrogen (secondary N) is 3. The first-order chi connectivity index (χ1) is 11.7. The van der Waals surface area contributed by atoms with Crippen LogP contribution in [0.15, 0.2) is 18.5 Å². The maximum absolute atomic E-state index is 12.1. The van der Waals surface area contributed by atoms with Crippen molar-refractivity contribution < 1.29 is 4.79 Å². The minimum absolute atomic E-state index is 0.0308. The number of hydrogen-bond donors (Lipinski definition) is 3. The molecule has 2 aromatic rings. The molecule has 3 rings (SSSR count). The summed E-state index contributed by atoms with van der Waals surface area (Å²) in [6, 6.07) is 1.88. The normalized spacial score (nSPS) is 15.7. The first-order valence-electron chi connectivity index (χ1n) is 8.82. The van der Waals surface area contributed by atoms with E-state index in [2.05, 4.69) is 20.6 Å². The van der Waals surface area contributed by atoms with Gasteiger partial charge in [0, 0.05) is 30.9 Å². The number of carbonyl (C=O) groups excluding carboxylic acids is 1. The second kappa shape index (κ2) is 8.49. The lowest BCUT2D eigenvalue weighted by Gasteiger charge is -2.21. The largest absolute Gasteiger partial charge is 0.358 e. The van der Waals surface area contributed by atoms with E-state index in [1.165, 1.54) is 32.1 Å². The van der Waals surface area contributed by atoms with Gasteiger partial charge in [-0.3, -0.25) is 4.79 Å². The Balaban J connectivity index is 1.38. The number of aromatic nitrogens is 2. The average molecular weight is 349 g/mol. The molecule has 1 fully saturated rings. The van der Waals surface area contributed by atoms with Crippen molar-refractivity contribution in [2.75, 3.05) is 19.6 Å². The molecule has 0 atom stereocenters. The number of hydrogen-bond acceptors (Lipinski definition) is 3. The number of carbonyl (C=O) groups is 1. The molecular weight excluding hydrogens is 324 g/mol. The Morgan fingerprint density at radius 3 is 2.96 bits per heavy atom. The highest BCUT2D eigenvalue weighted by Crippen LogP contribution is 2.23. The molecule has 1 aliphatic rings. The Bertz CT molecular complexity index is 679. The molecule has 0 aliphatic heterocycles. The van der Waals surface area contributed by atoms with Crippen LogP contribution >= 0.6 is 11.6 Å². The number of halogens is 1. The van der Waals surface area contributed by atoms with Crippen LogP contribution < -0.4 is 10.6 Å². The third-order valence-corrected chi connectivity index (χ3v) is 5.06. The van der Waals surface area contributed by atoms with Crippen molar-refractivity contribution in [2.45, 2.75) is 38.5 Å². The lowest BCUT2D eigenvalue weighted by Crippen LogP contribution is -2.34. The summed E-state index contributed by atoms with van der Waals surface area (Å²) in [5.74, 6) is 0.849. The molecule has 5 nitrogen and oxygen atoms in total. The van der Waals surface area contributed by atoms with Crippen molar-refractivity contribution in [1.82, 2.24) is 20.6 Å². The molecule has 6 heteroatoms. The molecule has 1 saturated carbocycles. The first-order valence-corrected chi connectivity index (χ1v) is 9.19. The Hall–Kier alpha value is -1.59. The Morgan fingerprint density at radius 2 is 2.12 bits per heavy atom. The van der Waals surface area contributed by atoms with Gasteiger partial charge in [-0.25, -0.2) is 4.98 Å². The van der Waals surface area contributed by atoms with Crippen molar-refractivity contribution in [1.29, 1.82) is 0 Å². The standard InChI is InChI=1S/C18H25ClN4O/c19-18-17-15(6-7-22-18)14(12-23-17)10-16(24)21-9-8-20-11-13-4-2-1-3-5-13/h6-7,12-13,20,23H,1-5,8-11H2,(H,21,24). The fourth-order valence-corrected chi connectivity index (χ4v) is 3.66. The van der Waals surface area contributed by atoms with Crippen LogP contribution in [0, 0.1) is 5.92 Å². The van der Waals surface area contributed by atoms with Gasteiger partial charge in [0.2, 0.25) is 5.91 Å². The second-order valence-corrected chi connectivity index (χ2v) is 6.93. The van der Waals surface area contributed by atoms with Crippen molar-refractivity contribution >= 4 is 28.4 Å². The lowest BCUT2D eigenvalue weighted by molar-refractivity contribution is -0.120. The highest BCUT2D eigenvalue weighted by Gasteiger charge is 2.13. The molecule has 0 unspecified atom stereocenters. The number of H-pyrrole nitrogens is 1. The van der Waals surface area contributed by atoms with Gasteiger partial charge in [-0.2, -0.15) is 0 Å². The molecule has 2 aromatic heterocycles. The summed E-state index contributed by atoms with van der Waals surface area (Å²) < 4.78 is 0. The van der Waals surface area contributed by atoms with E-state index in [9.17, 15) is 4.79 Å². The summed E-state index contributed by atoms with van der Waals surface area (Å²) in [6.45, 7) is 2.56. The first kappa shape index (κ1) is 17.2. The van der Waals surface area contributed by atoms with Crippen LogP contribution in [0.2, 0.25) is 5.15 Å². The quantitative estimate of drug-likeness (QED) is 0.532. The molecule has 1 aliphatic carbocycles. The van der Waals surface area contributed by atoms with Gasteiger partial charge < -0.3 is 15.6 Å². The molecule has 0 aromatic carbocycles. The topological polar surface area (TPSA) is 69.8 Å². The van der Waals surface area contributed by atoms with Gasteiger partial charge in [-0.05, 0) is 36.9 Å². The zero-order chi connectivity index (χ0) is 16.8. The number of rotatable bonds is 7. The predicted molar refractivity (Wildman–Crippen MR) is 97.3 cm³/mol. The zero-order valence-electron chi connectivity index (χ0n) is 13.9. The van der Waals surface area contributed by atoms with Crippen molar-refractivity contribution in [3.8, 4) is 0 Å². The molecule has 0 saturated heterocycles. The van der Waals surface area contributed by atoms with Crippen LogP contribution in [0.25, 0.3) is 10.9 Å². The molecule has 0 spiro atoms. The Kier molecular flexibility index (Phi) is 6.10. The van der Waals surface area contributed by atoms with Gasteiger partial charge in [-0.1, -0.05) is 30.9 Å². The second-order valence-electron chi connectivity index (χ2n) is 6.57. The third kappa shape index (κ3) is 4.48. The molecule has 2 heterocycles. The number of amides is 1. The third-order valence-electron chi connectivity index (χ3n) is 4.77. The summed E-state index contributed by atoms with van der Waals surface area (Å²) in [7, 11) is 0. The summed E-state index contributed by atoms with van der Waals surface area (Å²) in [4.78, 5) is 19.2. The van der Waals surface area contributed by atoms with Crippen LogP contribution in [0.4, 0.5) is 0 Å². The molecular formula is C18H25ClN4O. The maximum atomic E-state index is 12.1. The van der Waals surface area contributed by atoms with E-state index < -0.39 is 0 Å². The van der Waals surface area contributed by atoms with Crippen LogP contribution in [-0.2, 0) is 11.2 Å². The highest BCUT2D eigenvalue weighted by molar-refractivity contribution is 6.33. The fourth-order valence-electron chi connectivity index (χ4n) is 3.45. The average Bonchev–Trinajstić information content (AvgIpc) is 3.00. The summed E-state index contributed by atoms with van der Waals surface area (Å²) in [5.41, 5.74) is 1.73. The minimum Gasteiger partial charge on any atom is -0.358 e. The van der Waals surface area contributed by atoms with E-state index in [4.69, 9.17) is 11.6 Å². The van der Waals surface area contributed by atoms with Crippen LogP contribution in [0.1, 0.15) is 37.7 Å². The monoisotopic (exact) mass is 348 g/mol. The highest BCUT2D eigenvalue weighted by atomic mass is 35.5. The molecule has 3 N–H and O–H groups in total.